The topological polar surface area (TPSA) is 75.5 Å². The Morgan fingerprint density at radius 3 is 2.67 bits per heavy atom. The van der Waals surface area contributed by atoms with E-state index in [4.69, 9.17) is 23.8 Å². The number of thiocarbonyl (C=S) groups is 1. The second-order valence-corrected chi connectivity index (χ2v) is 5.75. The first-order valence-corrected chi connectivity index (χ1v) is 7.62. The number of para-hydroxylation sites is 1. The Bertz CT molecular complexity index is 898. The molecule has 0 radical (unpaired) electrons. The van der Waals surface area contributed by atoms with Crippen LogP contribution < -0.4 is 10.2 Å². The Balaban J connectivity index is 1.99. The fourth-order valence-corrected chi connectivity index (χ4v) is 2.80. The zero-order valence-corrected chi connectivity index (χ0v) is 13.7. The van der Waals surface area contributed by atoms with E-state index in [0.717, 1.165) is 0 Å². The third kappa shape index (κ3) is 2.99. The van der Waals surface area contributed by atoms with Gasteiger partial charge in [-0.1, -0.05) is 29.8 Å². The molecular formula is C16H10ClN3O3S. The maximum Gasteiger partial charge on any atom is 0.281 e. The largest absolute Gasteiger partial charge is 0.327 e. The number of carbonyl (C=O) groups excluding carboxylic acids is 1. The maximum atomic E-state index is 12.6. The molecule has 8 heteroatoms. The lowest BCUT2D eigenvalue weighted by molar-refractivity contribution is -0.385. The number of carbonyl (C=O) groups is 1. The van der Waals surface area contributed by atoms with E-state index < -0.39 is 10.8 Å². The van der Waals surface area contributed by atoms with Crippen LogP contribution in [-0.2, 0) is 4.79 Å². The Morgan fingerprint density at radius 2 is 1.96 bits per heavy atom. The fraction of sp³-hybridized carbons (Fsp3) is 0. The third-order valence-electron chi connectivity index (χ3n) is 3.38. The summed E-state index contributed by atoms with van der Waals surface area (Å²) < 4.78 is 0. The van der Waals surface area contributed by atoms with Crippen LogP contribution in [0.5, 0.6) is 0 Å². The normalized spacial score (nSPS) is 15.7. The predicted molar refractivity (Wildman–Crippen MR) is 95.7 cm³/mol. The molecule has 120 valence electrons. The second kappa shape index (κ2) is 6.38. The highest BCUT2D eigenvalue weighted by Crippen LogP contribution is 2.26. The molecule has 3 rings (SSSR count). The highest BCUT2D eigenvalue weighted by Gasteiger charge is 2.32. The van der Waals surface area contributed by atoms with Crippen LogP contribution in [0.3, 0.4) is 0 Å². The number of halogens is 1. The minimum atomic E-state index is -0.501. The standard InChI is InChI=1S/C16H10ClN3O3S/c17-11-5-3-6-12(9-11)19-15(21)13(18-16(19)24)8-10-4-1-2-7-14(10)20(22)23/h1-9H,(H,18,24). The lowest BCUT2D eigenvalue weighted by atomic mass is 10.1. The maximum absolute atomic E-state index is 12.6. The van der Waals surface area contributed by atoms with Crippen molar-refractivity contribution in [2.24, 2.45) is 0 Å². The van der Waals surface area contributed by atoms with Crippen molar-refractivity contribution in [3.8, 4) is 0 Å². The van der Waals surface area contributed by atoms with E-state index in [2.05, 4.69) is 5.32 Å². The fourth-order valence-electron chi connectivity index (χ4n) is 2.32. The van der Waals surface area contributed by atoms with Gasteiger partial charge in [0.15, 0.2) is 5.11 Å². The average Bonchev–Trinajstić information content (AvgIpc) is 2.81. The van der Waals surface area contributed by atoms with Crippen molar-refractivity contribution < 1.29 is 9.72 Å². The Kier molecular flexibility index (Phi) is 4.28. The van der Waals surface area contributed by atoms with Crippen LogP contribution in [0.25, 0.3) is 6.08 Å². The van der Waals surface area contributed by atoms with Gasteiger partial charge in [0.05, 0.1) is 16.2 Å². The van der Waals surface area contributed by atoms with Crippen LogP contribution in [0.2, 0.25) is 5.02 Å². The summed E-state index contributed by atoms with van der Waals surface area (Å²) in [5.41, 5.74) is 0.908. The number of nitro benzene ring substituents is 1. The van der Waals surface area contributed by atoms with Gasteiger partial charge in [0.25, 0.3) is 11.6 Å². The number of rotatable bonds is 3. The first kappa shape index (κ1) is 16.1. The predicted octanol–water partition coefficient (Wildman–Crippen LogP) is 3.51. The molecule has 1 aliphatic rings. The SMILES string of the molecule is O=C1C(=Cc2ccccc2[N+](=O)[O-])NC(=S)N1c1cccc(Cl)c1. The third-order valence-corrected chi connectivity index (χ3v) is 3.90. The van der Waals surface area contributed by atoms with Gasteiger partial charge in [-0.15, -0.1) is 0 Å². The van der Waals surface area contributed by atoms with Gasteiger partial charge in [-0.3, -0.25) is 19.8 Å². The summed E-state index contributed by atoms with van der Waals surface area (Å²) in [6.45, 7) is 0. The van der Waals surface area contributed by atoms with Crippen molar-refractivity contribution in [2.45, 2.75) is 0 Å². The van der Waals surface area contributed by atoms with E-state index >= 15 is 0 Å². The molecule has 0 saturated carbocycles. The summed E-state index contributed by atoms with van der Waals surface area (Å²) in [6.07, 6.45) is 1.41. The smallest absolute Gasteiger partial charge is 0.281 e. The molecule has 0 spiro atoms. The van der Waals surface area contributed by atoms with E-state index in [1.165, 1.54) is 17.0 Å². The van der Waals surface area contributed by atoms with Crippen LogP contribution in [0, 0.1) is 10.1 Å². The van der Waals surface area contributed by atoms with Crippen LogP contribution in [0.15, 0.2) is 54.2 Å². The molecule has 1 heterocycles. The Hall–Kier alpha value is -2.77. The highest BCUT2D eigenvalue weighted by molar-refractivity contribution is 7.80. The summed E-state index contributed by atoms with van der Waals surface area (Å²) >= 11 is 11.1. The van der Waals surface area contributed by atoms with E-state index in [-0.39, 0.29) is 16.5 Å². The average molecular weight is 360 g/mol. The summed E-state index contributed by atoms with van der Waals surface area (Å²) in [5, 5.41) is 14.5. The monoisotopic (exact) mass is 359 g/mol. The molecule has 0 aromatic heterocycles. The van der Waals surface area contributed by atoms with Crippen molar-refractivity contribution in [1.29, 1.82) is 0 Å². The number of anilines is 1. The van der Waals surface area contributed by atoms with Crippen molar-refractivity contribution in [3.63, 3.8) is 0 Å². The van der Waals surface area contributed by atoms with Crippen molar-refractivity contribution >= 4 is 52.3 Å². The first-order valence-electron chi connectivity index (χ1n) is 6.83. The molecule has 1 N–H and O–H groups in total. The van der Waals surface area contributed by atoms with E-state index in [1.807, 2.05) is 0 Å². The number of hydrogen-bond donors (Lipinski definition) is 1. The minimum Gasteiger partial charge on any atom is -0.327 e. The lowest BCUT2D eigenvalue weighted by Gasteiger charge is -2.13. The molecule has 1 fully saturated rings. The first-order chi connectivity index (χ1) is 11.5. The highest BCUT2D eigenvalue weighted by atomic mass is 35.5. The van der Waals surface area contributed by atoms with Gasteiger partial charge >= 0.3 is 0 Å². The molecule has 24 heavy (non-hydrogen) atoms. The van der Waals surface area contributed by atoms with E-state index in [9.17, 15) is 14.9 Å². The molecule has 0 atom stereocenters. The number of nitro groups is 1. The quantitative estimate of drug-likeness (QED) is 0.393. The minimum absolute atomic E-state index is 0.0910. The molecule has 2 aromatic carbocycles. The summed E-state index contributed by atoms with van der Waals surface area (Å²) in [4.78, 5) is 24.5. The summed E-state index contributed by atoms with van der Waals surface area (Å²) in [7, 11) is 0. The zero-order valence-electron chi connectivity index (χ0n) is 12.1. The second-order valence-electron chi connectivity index (χ2n) is 4.92. The Morgan fingerprint density at radius 1 is 1.21 bits per heavy atom. The van der Waals surface area contributed by atoms with Crippen molar-refractivity contribution in [3.05, 3.63) is 74.9 Å². The van der Waals surface area contributed by atoms with Crippen LogP contribution >= 0.6 is 23.8 Å². The van der Waals surface area contributed by atoms with Crippen LogP contribution in [-0.4, -0.2) is 15.9 Å². The van der Waals surface area contributed by atoms with Crippen molar-refractivity contribution in [1.82, 2.24) is 5.32 Å². The molecule has 6 nitrogen and oxygen atoms in total. The van der Waals surface area contributed by atoms with Gasteiger partial charge in [0.1, 0.15) is 5.70 Å². The number of benzene rings is 2. The van der Waals surface area contributed by atoms with Crippen LogP contribution in [0.4, 0.5) is 11.4 Å². The number of nitrogens with one attached hydrogen (secondary N) is 1. The van der Waals surface area contributed by atoms with Gasteiger partial charge in [-0.25, -0.2) is 0 Å². The molecule has 0 aliphatic carbocycles. The summed E-state index contributed by atoms with van der Waals surface area (Å²) in [5.74, 6) is -0.402. The number of nitrogens with zero attached hydrogens (tertiary/aromatic N) is 2. The van der Waals surface area contributed by atoms with Crippen molar-refractivity contribution in [2.75, 3.05) is 4.90 Å². The lowest BCUT2D eigenvalue weighted by Crippen LogP contribution is -2.30. The van der Waals surface area contributed by atoms with Gasteiger partial charge in [-0.05, 0) is 42.6 Å². The molecule has 2 aromatic rings. The van der Waals surface area contributed by atoms with E-state index in [0.29, 0.717) is 16.3 Å². The van der Waals surface area contributed by atoms with E-state index in [1.54, 1.807) is 42.5 Å². The molecule has 0 unspecified atom stereocenters. The summed E-state index contributed by atoms with van der Waals surface area (Å²) in [6, 6.07) is 12.9. The molecule has 1 aliphatic heterocycles. The molecule has 0 bridgehead atoms. The Labute approximate surface area is 147 Å². The molecular weight excluding hydrogens is 350 g/mol. The van der Waals surface area contributed by atoms with Gasteiger partial charge < -0.3 is 5.32 Å². The number of amides is 1. The van der Waals surface area contributed by atoms with Gasteiger partial charge in [0, 0.05) is 11.1 Å². The zero-order chi connectivity index (χ0) is 17.3. The molecule has 1 saturated heterocycles. The molecule has 1 amide bonds. The van der Waals surface area contributed by atoms with Crippen LogP contribution in [0.1, 0.15) is 5.56 Å². The number of hydrogen-bond acceptors (Lipinski definition) is 4. The van der Waals surface area contributed by atoms with Gasteiger partial charge in [0.2, 0.25) is 0 Å². The van der Waals surface area contributed by atoms with Gasteiger partial charge in [-0.2, -0.15) is 0 Å².